The lowest BCUT2D eigenvalue weighted by Gasteiger charge is -2.64. The molecule has 2 fully saturated rings. The maximum absolute atomic E-state index is 13.8. The quantitative estimate of drug-likeness (QED) is 0.560. The van der Waals surface area contributed by atoms with E-state index in [2.05, 4.69) is 9.97 Å². The number of anilines is 1. The fraction of sp³-hybridized carbons (Fsp3) is 0.250. The number of allylic oxidation sites excluding steroid dienone is 2. The molecule has 0 saturated carbocycles. The molecule has 1 aliphatic carbocycles. The zero-order valence-corrected chi connectivity index (χ0v) is 19.2. The van der Waals surface area contributed by atoms with Crippen molar-refractivity contribution >= 4 is 38.2 Å². The molecule has 0 radical (unpaired) electrons. The van der Waals surface area contributed by atoms with Crippen LogP contribution in [0.2, 0.25) is 0 Å². The molecule has 2 spiro atoms. The number of amides is 1. The van der Waals surface area contributed by atoms with Crippen molar-refractivity contribution < 1.29 is 22.5 Å². The number of H-pyrrole nitrogens is 1. The van der Waals surface area contributed by atoms with Crippen LogP contribution in [-0.4, -0.2) is 60.1 Å². The molecule has 9 nitrogen and oxygen atoms in total. The number of nitrogens with one attached hydrogen (secondary N) is 1. The van der Waals surface area contributed by atoms with Gasteiger partial charge in [-0.05, 0) is 42.5 Å². The van der Waals surface area contributed by atoms with Gasteiger partial charge in [0.25, 0.3) is 4.87 Å². The molecule has 3 aliphatic rings. The van der Waals surface area contributed by atoms with Gasteiger partial charge in [0.2, 0.25) is 5.91 Å². The fourth-order valence-electron chi connectivity index (χ4n) is 5.40. The van der Waals surface area contributed by atoms with E-state index in [1.165, 1.54) is 0 Å². The number of carbonyl (C=O) groups excluding carboxylic acids is 1. The Balaban J connectivity index is 1.38. The number of ether oxygens (including phenoxy) is 1. The molecule has 2 saturated heterocycles. The van der Waals surface area contributed by atoms with Crippen molar-refractivity contribution in [3.63, 3.8) is 0 Å². The normalized spacial score (nSPS) is 24.8. The maximum Gasteiger partial charge on any atom is 0.339 e. The second-order valence-electron chi connectivity index (χ2n) is 8.79. The van der Waals surface area contributed by atoms with Gasteiger partial charge in [0, 0.05) is 17.6 Å². The number of aromatic amines is 1. The highest BCUT2D eigenvalue weighted by atomic mass is 32.2. The van der Waals surface area contributed by atoms with Gasteiger partial charge in [-0.3, -0.25) is 4.79 Å². The Bertz CT molecular complexity index is 1470. The minimum atomic E-state index is -3.66. The largest absolute Gasteiger partial charge is 0.370 e. The number of morpholine rings is 1. The predicted molar refractivity (Wildman–Crippen MR) is 128 cm³/mol. The second-order valence-corrected chi connectivity index (χ2v) is 10.8. The van der Waals surface area contributed by atoms with Gasteiger partial charge in [0.15, 0.2) is 0 Å². The molecule has 2 aromatic carbocycles. The van der Waals surface area contributed by atoms with Gasteiger partial charge in [-0.2, -0.15) is 13.0 Å². The standard InChI is InChI=1S/C24H23N5O4S/c25-22(30)18-6-7-20-21(16-18)27-23(26-20)17-8-10-24(11-9-17)29(12-14-33-15-13-29)28(34(24,31)32)19-4-2-1-3-5-19/h1-10,16H,11-15H2,(H2-,25,26,27,30)/p+1. The van der Waals surface area contributed by atoms with Crippen molar-refractivity contribution in [2.24, 2.45) is 5.73 Å². The van der Waals surface area contributed by atoms with Crippen LogP contribution in [0.25, 0.3) is 16.6 Å². The Kier molecular flexibility index (Phi) is 4.50. The van der Waals surface area contributed by atoms with E-state index in [-0.39, 0.29) is 0 Å². The first-order valence-electron chi connectivity index (χ1n) is 11.1. The van der Waals surface area contributed by atoms with Crippen LogP contribution >= 0.6 is 0 Å². The summed E-state index contributed by atoms with van der Waals surface area (Å²) in [7, 11) is -3.66. The molecule has 6 rings (SSSR count). The zero-order valence-electron chi connectivity index (χ0n) is 18.3. The van der Waals surface area contributed by atoms with E-state index in [1.807, 2.05) is 48.6 Å². The third-order valence-corrected chi connectivity index (χ3v) is 9.61. The Morgan fingerprint density at radius 1 is 1.15 bits per heavy atom. The van der Waals surface area contributed by atoms with Crippen molar-refractivity contribution in [1.29, 1.82) is 0 Å². The van der Waals surface area contributed by atoms with E-state index < -0.39 is 20.8 Å². The predicted octanol–water partition coefficient (Wildman–Crippen LogP) is 2.31. The molecule has 1 atom stereocenters. The highest BCUT2D eigenvalue weighted by Crippen LogP contribution is 2.54. The molecular weight excluding hydrogens is 454 g/mol. The average molecular weight is 479 g/mol. The number of nitrogens with zero attached hydrogens (tertiary/aromatic N) is 3. The lowest BCUT2D eigenvalue weighted by Crippen LogP contribution is -2.89. The summed E-state index contributed by atoms with van der Waals surface area (Å²) in [5.74, 6) is 0.113. The number of fused-ring (bicyclic) bond motifs is 2. The first kappa shape index (κ1) is 21.1. The van der Waals surface area contributed by atoms with E-state index in [9.17, 15) is 13.2 Å². The third-order valence-electron chi connectivity index (χ3n) is 7.09. The van der Waals surface area contributed by atoms with Gasteiger partial charge in [-0.1, -0.05) is 24.3 Å². The minimum Gasteiger partial charge on any atom is -0.370 e. The van der Waals surface area contributed by atoms with Crippen LogP contribution < -0.4 is 10.1 Å². The van der Waals surface area contributed by atoms with Gasteiger partial charge in [0.05, 0.1) is 24.2 Å². The first-order valence-corrected chi connectivity index (χ1v) is 12.6. The summed E-state index contributed by atoms with van der Waals surface area (Å²) >= 11 is 0. The molecule has 1 amide bonds. The van der Waals surface area contributed by atoms with Crippen LogP contribution in [0.1, 0.15) is 22.6 Å². The van der Waals surface area contributed by atoms with E-state index in [4.69, 9.17) is 10.5 Å². The summed E-state index contributed by atoms with van der Waals surface area (Å²) in [5, 5.41) is 0. The summed E-state index contributed by atoms with van der Waals surface area (Å²) in [4.78, 5) is 18.3. The molecule has 3 aromatic rings. The van der Waals surface area contributed by atoms with Crippen molar-refractivity contribution in [2.75, 3.05) is 30.7 Å². The van der Waals surface area contributed by atoms with Crippen molar-refractivity contribution in [1.82, 2.24) is 9.97 Å². The van der Waals surface area contributed by atoms with Crippen molar-refractivity contribution in [2.45, 2.75) is 11.3 Å². The summed E-state index contributed by atoms with van der Waals surface area (Å²) in [6, 6.07) is 14.3. The van der Waals surface area contributed by atoms with Gasteiger partial charge in [0.1, 0.15) is 24.6 Å². The minimum absolute atomic E-state index is 0.293. The number of aromatic nitrogens is 2. The lowest BCUT2D eigenvalue weighted by molar-refractivity contribution is -0.976. The van der Waals surface area contributed by atoms with Crippen LogP contribution in [0.5, 0.6) is 0 Å². The topological polar surface area (TPSA) is 118 Å². The molecule has 1 aromatic heterocycles. The van der Waals surface area contributed by atoms with E-state index >= 15 is 0 Å². The van der Waals surface area contributed by atoms with Crippen LogP contribution in [0, 0.1) is 0 Å². The number of para-hydroxylation sites is 1. The molecular formula is C24H24N5O4S+. The molecule has 174 valence electrons. The molecule has 3 N–H and O–H groups in total. The van der Waals surface area contributed by atoms with E-state index in [0.717, 1.165) is 5.57 Å². The number of benzene rings is 2. The van der Waals surface area contributed by atoms with Crippen LogP contribution in [0.15, 0.2) is 66.8 Å². The number of quaternary nitrogens is 1. The number of hydrogen-bond donors (Lipinski definition) is 2. The lowest BCUT2D eigenvalue weighted by atomic mass is 9.98. The van der Waals surface area contributed by atoms with E-state index in [1.54, 1.807) is 22.6 Å². The maximum atomic E-state index is 13.8. The van der Waals surface area contributed by atoms with Gasteiger partial charge < -0.3 is 15.5 Å². The number of hydrogen-bond acceptors (Lipinski definition) is 5. The monoisotopic (exact) mass is 478 g/mol. The molecule has 10 heteroatoms. The number of nitrogens with two attached hydrogens (primary N) is 1. The summed E-state index contributed by atoms with van der Waals surface area (Å²) in [6.07, 6.45) is 5.92. The first-order chi connectivity index (χ1) is 16.4. The number of primary amides is 1. The van der Waals surface area contributed by atoms with Crippen molar-refractivity contribution in [3.8, 4) is 0 Å². The van der Waals surface area contributed by atoms with E-state index in [0.29, 0.717) is 65.4 Å². The van der Waals surface area contributed by atoms with Gasteiger partial charge in [-0.25, -0.2) is 4.98 Å². The Morgan fingerprint density at radius 2 is 1.91 bits per heavy atom. The highest BCUT2D eigenvalue weighted by molar-refractivity contribution is 7.95. The second kappa shape index (κ2) is 7.26. The molecule has 3 heterocycles. The Morgan fingerprint density at radius 3 is 2.59 bits per heavy atom. The molecule has 34 heavy (non-hydrogen) atoms. The Labute approximate surface area is 196 Å². The summed E-state index contributed by atoms with van der Waals surface area (Å²) in [5.41, 5.74) is 8.66. The molecule has 1 unspecified atom stereocenters. The summed E-state index contributed by atoms with van der Waals surface area (Å²) < 4.78 is 35.1. The summed E-state index contributed by atoms with van der Waals surface area (Å²) in [6.45, 7) is 2.14. The smallest absolute Gasteiger partial charge is 0.339 e. The number of carbonyl (C=O) groups is 1. The Hall–Kier alpha value is -3.47. The van der Waals surface area contributed by atoms with Gasteiger partial charge in [-0.15, -0.1) is 4.41 Å². The van der Waals surface area contributed by atoms with Crippen LogP contribution in [-0.2, 0) is 14.8 Å². The number of imidazole rings is 1. The number of rotatable bonds is 3. The molecule has 0 bridgehead atoms. The van der Waals surface area contributed by atoms with Crippen molar-refractivity contribution in [3.05, 3.63) is 78.1 Å². The SMILES string of the molecule is NC(=O)c1ccc2nc(C3=CCC4(C=C3)[N+]3(CCOCC3)N(c3ccccc3)S4(=O)=O)[nH]c2c1. The van der Waals surface area contributed by atoms with Crippen LogP contribution in [0.4, 0.5) is 5.69 Å². The fourth-order valence-corrected chi connectivity index (χ4v) is 7.93. The van der Waals surface area contributed by atoms with Gasteiger partial charge >= 0.3 is 10.0 Å². The molecule has 2 aliphatic heterocycles. The number of sulfonamides is 1. The third kappa shape index (κ3) is 2.70. The average Bonchev–Trinajstić information content (AvgIpc) is 3.28. The zero-order chi connectivity index (χ0) is 23.6. The highest BCUT2D eigenvalue weighted by Gasteiger charge is 2.77. The van der Waals surface area contributed by atoms with Crippen LogP contribution in [0.3, 0.4) is 0 Å².